The summed E-state index contributed by atoms with van der Waals surface area (Å²) in [5.74, 6) is 1.28. The van der Waals surface area contributed by atoms with Crippen LogP contribution in [0.1, 0.15) is 19.4 Å². The number of ether oxygens (including phenoxy) is 2. The summed E-state index contributed by atoms with van der Waals surface area (Å²) in [7, 11) is 1.51. The quantitative estimate of drug-likeness (QED) is 0.398. The van der Waals surface area contributed by atoms with Crippen LogP contribution < -0.4 is 20.1 Å². The van der Waals surface area contributed by atoms with Crippen molar-refractivity contribution < 1.29 is 18.3 Å². The van der Waals surface area contributed by atoms with Crippen molar-refractivity contribution in [1.29, 1.82) is 0 Å². The average Bonchev–Trinajstić information content (AvgIpc) is 2.46. The summed E-state index contributed by atoms with van der Waals surface area (Å²) in [6.45, 7) is 2.65. The van der Waals surface area contributed by atoms with Gasteiger partial charge in [0.15, 0.2) is 5.96 Å². The minimum atomic E-state index is -2.87. The Kier molecular flexibility index (Phi) is 10.6. The standard InChI is InChI=1S/C14H21F2N3O2.HI/c1-4-17-14(18-5-2)19-9-10-8-11(20-3)6-7-12(10)21-13(15)16;/h6-8,13H,4-5,9H2,1-3H3,(H2,17,18,19);1H. The van der Waals surface area contributed by atoms with Gasteiger partial charge in [-0.1, -0.05) is 0 Å². The maximum Gasteiger partial charge on any atom is 0.387 e. The Hall–Kier alpha value is -1.32. The third kappa shape index (κ3) is 7.10. The monoisotopic (exact) mass is 429 g/mol. The van der Waals surface area contributed by atoms with Crippen LogP contribution in [0, 0.1) is 0 Å². The summed E-state index contributed by atoms with van der Waals surface area (Å²) in [6, 6.07) is 4.66. The Morgan fingerprint density at radius 3 is 2.36 bits per heavy atom. The zero-order valence-electron chi connectivity index (χ0n) is 12.9. The average molecular weight is 429 g/mol. The van der Waals surface area contributed by atoms with Gasteiger partial charge in [-0.3, -0.25) is 0 Å². The molecule has 0 amide bonds. The highest BCUT2D eigenvalue weighted by atomic mass is 127. The zero-order valence-corrected chi connectivity index (χ0v) is 15.2. The van der Waals surface area contributed by atoms with E-state index < -0.39 is 6.61 Å². The highest BCUT2D eigenvalue weighted by Crippen LogP contribution is 2.26. The molecule has 0 aromatic heterocycles. The van der Waals surface area contributed by atoms with Crippen molar-refractivity contribution in [3.63, 3.8) is 0 Å². The fourth-order valence-electron chi connectivity index (χ4n) is 1.69. The number of alkyl halides is 2. The van der Waals surface area contributed by atoms with E-state index in [2.05, 4.69) is 20.4 Å². The summed E-state index contributed by atoms with van der Waals surface area (Å²) < 4.78 is 34.4. The van der Waals surface area contributed by atoms with E-state index in [-0.39, 0.29) is 36.3 Å². The van der Waals surface area contributed by atoms with Crippen molar-refractivity contribution in [3.05, 3.63) is 23.8 Å². The number of rotatable bonds is 7. The molecule has 2 N–H and O–H groups in total. The van der Waals surface area contributed by atoms with Crippen LogP contribution in [-0.2, 0) is 6.54 Å². The lowest BCUT2D eigenvalue weighted by Crippen LogP contribution is -2.37. The Balaban J connectivity index is 0.00000441. The first kappa shape index (κ1) is 20.7. The molecule has 0 radical (unpaired) electrons. The third-order valence-electron chi connectivity index (χ3n) is 2.58. The molecule has 1 rings (SSSR count). The van der Waals surface area contributed by atoms with Crippen molar-refractivity contribution >= 4 is 29.9 Å². The van der Waals surface area contributed by atoms with Crippen LogP contribution in [0.2, 0.25) is 0 Å². The van der Waals surface area contributed by atoms with Crippen LogP contribution in [-0.4, -0.2) is 32.8 Å². The molecule has 0 aliphatic heterocycles. The Morgan fingerprint density at radius 1 is 1.23 bits per heavy atom. The van der Waals surface area contributed by atoms with Crippen molar-refractivity contribution in [1.82, 2.24) is 10.6 Å². The lowest BCUT2D eigenvalue weighted by Gasteiger charge is -2.12. The first-order chi connectivity index (χ1) is 10.1. The minimum Gasteiger partial charge on any atom is -0.497 e. The number of nitrogens with one attached hydrogen (secondary N) is 2. The molecule has 0 aliphatic rings. The van der Waals surface area contributed by atoms with Crippen LogP contribution in [0.5, 0.6) is 11.5 Å². The molecule has 0 aliphatic carbocycles. The van der Waals surface area contributed by atoms with E-state index in [0.717, 1.165) is 0 Å². The highest BCUT2D eigenvalue weighted by molar-refractivity contribution is 14.0. The molecule has 1 aromatic carbocycles. The fraction of sp³-hybridized carbons (Fsp3) is 0.500. The molecule has 0 atom stereocenters. The van der Waals surface area contributed by atoms with E-state index in [0.29, 0.717) is 30.4 Å². The number of guanidine groups is 1. The van der Waals surface area contributed by atoms with Gasteiger partial charge in [0.1, 0.15) is 11.5 Å². The Labute approximate surface area is 146 Å². The van der Waals surface area contributed by atoms with E-state index in [1.165, 1.54) is 13.2 Å². The summed E-state index contributed by atoms with van der Waals surface area (Å²) in [5, 5.41) is 6.12. The zero-order chi connectivity index (χ0) is 15.7. The normalized spacial score (nSPS) is 9.73. The maximum atomic E-state index is 12.4. The molecule has 0 unspecified atom stereocenters. The third-order valence-corrected chi connectivity index (χ3v) is 2.58. The number of hydrogen-bond donors (Lipinski definition) is 2. The minimum absolute atomic E-state index is 0. The number of methoxy groups -OCH3 is 1. The molecule has 8 heteroatoms. The van der Waals surface area contributed by atoms with E-state index in [4.69, 9.17) is 4.74 Å². The van der Waals surface area contributed by atoms with Crippen molar-refractivity contribution in [2.45, 2.75) is 27.0 Å². The molecule has 1 aromatic rings. The van der Waals surface area contributed by atoms with Crippen molar-refractivity contribution in [3.8, 4) is 11.5 Å². The molecular formula is C14H22F2IN3O2. The molecule has 0 fully saturated rings. The molecule has 0 spiro atoms. The fourth-order valence-corrected chi connectivity index (χ4v) is 1.69. The second-order valence-electron chi connectivity index (χ2n) is 4.08. The molecule has 5 nitrogen and oxygen atoms in total. The van der Waals surface area contributed by atoms with Gasteiger partial charge < -0.3 is 20.1 Å². The van der Waals surface area contributed by atoms with E-state index in [1.54, 1.807) is 12.1 Å². The van der Waals surface area contributed by atoms with Gasteiger partial charge in [0.2, 0.25) is 0 Å². The molecular weight excluding hydrogens is 407 g/mol. The van der Waals surface area contributed by atoms with Gasteiger partial charge in [-0.2, -0.15) is 8.78 Å². The molecule has 0 heterocycles. The number of halogens is 3. The van der Waals surface area contributed by atoms with Crippen LogP contribution in [0.15, 0.2) is 23.2 Å². The number of benzene rings is 1. The number of hydrogen-bond acceptors (Lipinski definition) is 3. The van der Waals surface area contributed by atoms with Crippen molar-refractivity contribution in [2.24, 2.45) is 4.99 Å². The van der Waals surface area contributed by atoms with Gasteiger partial charge >= 0.3 is 6.61 Å². The topological polar surface area (TPSA) is 54.9 Å². The predicted octanol–water partition coefficient (Wildman–Crippen LogP) is 2.99. The van der Waals surface area contributed by atoms with Crippen LogP contribution in [0.3, 0.4) is 0 Å². The lowest BCUT2D eigenvalue weighted by atomic mass is 10.2. The van der Waals surface area contributed by atoms with Gasteiger partial charge in [-0.05, 0) is 32.0 Å². The second-order valence-corrected chi connectivity index (χ2v) is 4.08. The first-order valence-corrected chi connectivity index (χ1v) is 6.74. The van der Waals surface area contributed by atoms with E-state index in [1.807, 2.05) is 13.8 Å². The highest BCUT2D eigenvalue weighted by Gasteiger charge is 2.11. The van der Waals surface area contributed by atoms with Crippen LogP contribution in [0.4, 0.5) is 8.78 Å². The van der Waals surface area contributed by atoms with Gasteiger partial charge in [0, 0.05) is 18.7 Å². The van der Waals surface area contributed by atoms with Crippen molar-refractivity contribution in [2.75, 3.05) is 20.2 Å². The summed E-state index contributed by atoms with van der Waals surface area (Å²) in [5.41, 5.74) is 0.531. The number of nitrogens with zero attached hydrogens (tertiary/aromatic N) is 1. The van der Waals surface area contributed by atoms with Gasteiger partial charge in [-0.25, -0.2) is 4.99 Å². The molecule has 22 heavy (non-hydrogen) atoms. The van der Waals surface area contributed by atoms with E-state index in [9.17, 15) is 8.78 Å². The molecule has 126 valence electrons. The van der Waals surface area contributed by atoms with Gasteiger partial charge in [0.05, 0.1) is 13.7 Å². The van der Waals surface area contributed by atoms with Crippen LogP contribution in [0.25, 0.3) is 0 Å². The van der Waals surface area contributed by atoms with Gasteiger partial charge in [0.25, 0.3) is 0 Å². The van der Waals surface area contributed by atoms with Crippen LogP contribution >= 0.6 is 24.0 Å². The first-order valence-electron chi connectivity index (χ1n) is 6.74. The predicted molar refractivity (Wildman–Crippen MR) is 93.5 cm³/mol. The smallest absolute Gasteiger partial charge is 0.387 e. The SMILES string of the molecule is CCNC(=NCc1cc(OC)ccc1OC(F)F)NCC.I. The second kappa shape index (κ2) is 11.3. The Morgan fingerprint density at radius 2 is 1.86 bits per heavy atom. The summed E-state index contributed by atoms with van der Waals surface area (Å²) in [4.78, 5) is 4.33. The number of aliphatic imine (C=N–C) groups is 1. The lowest BCUT2D eigenvalue weighted by molar-refractivity contribution is -0.0504. The summed E-state index contributed by atoms with van der Waals surface area (Å²) in [6.07, 6.45) is 0. The molecule has 0 bridgehead atoms. The molecule has 0 saturated carbocycles. The molecule has 0 saturated heterocycles. The maximum absolute atomic E-state index is 12.4. The van der Waals surface area contributed by atoms with E-state index >= 15 is 0 Å². The van der Waals surface area contributed by atoms with Gasteiger partial charge in [-0.15, -0.1) is 24.0 Å². The Bertz CT molecular complexity index is 465. The largest absolute Gasteiger partial charge is 0.497 e. The summed E-state index contributed by atoms with van der Waals surface area (Å²) >= 11 is 0.